The standard InChI is InChI=1S/C15H26N4/c1-18(9-12-8-16-19(2)10-12)11-14-7-13-5-3-4-6-15(13)17-14/h8,10,13-15,17H,3-7,9,11H2,1-2H3. The van der Waals surface area contributed by atoms with Crippen molar-refractivity contribution in [1.82, 2.24) is 20.0 Å². The first-order valence-electron chi connectivity index (χ1n) is 7.63. The van der Waals surface area contributed by atoms with Crippen LogP contribution in [0.15, 0.2) is 12.4 Å². The number of likely N-dealkylation sites (N-methyl/N-ethyl adjacent to an activating group) is 1. The fraction of sp³-hybridized carbons (Fsp3) is 0.800. The molecule has 0 spiro atoms. The van der Waals surface area contributed by atoms with Gasteiger partial charge >= 0.3 is 0 Å². The van der Waals surface area contributed by atoms with Gasteiger partial charge in [-0.15, -0.1) is 0 Å². The van der Waals surface area contributed by atoms with Gasteiger partial charge in [0.2, 0.25) is 0 Å². The molecule has 2 fully saturated rings. The Hall–Kier alpha value is -0.870. The second-order valence-corrected chi connectivity index (χ2v) is 6.47. The molecule has 2 heterocycles. The van der Waals surface area contributed by atoms with E-state index in [0.29, 0.717) is 6.04 Å². The number of aryl methyl sites for hydroxylation is 1. The molecule has 106 valence electrons. The van der Waals surface area contributed by atoms with Crippen molar-refractivity contribution in [3.05, 3.63) is 18.0 Å². The van der Waals surface area contributed by atoms with Crippen molar-refractivity contribution in [2.24, 2.45) is 13.0 Å². The molecule has 0 radical (unpaired) electrons. The molecule has 1 aliphatic carbocycles. The van der Waals surface area contributed by atoms with Crippen molar-refractivity contribution in [3.63, 3.8) is 0 Å². The lowest BCUT2D eigenvalue weighted by molar-refractivity contribution is 0.288. The van der Waals surface area contributed by atoms with Gasteiger partial charge in [-0.3, -0.25) is 4.68 Å². The molecule has 0 aromatic carbocycles. The van der Waals surface area contributed by atoms with Gasteiger partial charge in [0, 0.05) is 44.0 Å². The van der Waals surface area contributed by atoms with E-state index in [9.17, 15) is 0 Å². The number of nitrogens with one attached hydrogen (secondary N) is 1. The predicted octanol–water partition coefficient (Wildman–Crippen LogP) is 1.77. The zero-order valence-corrected chi connectivity index (χ0v) is 12.2. The molecule has 3 atom stereocenters. The molecule has 1 aromatic rings. The zero-order chi connectivity index (χ0) is 13.2. The van der Waals surface area contributed by atoms with E-state index in [2.05, 4.69) is 28.6 Å². The second-order valence-electron chi connectivity index (χ2n) is 6.47. The molecule has 3 rings (SSSR count). The number of fused-ring (bicyclic) bond motifs is 1. The summed E-state index contributed by atoms with van der Waals surface area (Å²) < 4.78 is 1.88. The van der Waals surface area contributed by atoms with Crippen molar-refractivity contribution < 1.29 is 0 Å². The van der Waals surface area contributed by atoms with Gasteiger partial charge in [-0.05, 0) is 32.2 Å². The zero-order valence-electron chi connectivity index (χ0n) is 12.2. The van der Waals surface area contributed by atoms with Gasteiger partial charge < -0.3 is 10.2 Å². The number of hydrogen-bond acceptors (Lipinski definition) is 3. The summed E-state index contributed by atoms with van der Waals surface area (Å²) >= 11 is 0. The quantitative estimate of drug-likeness (QED) is 0.898. The van der Waals surface area contributed by atoms with E-state index < -0.39 is 0 Å². The Labute approximate surface area is 116 Å². The number of nitrogens with zero attached hydrogens (tertiary/aromatic N) is 3. The monoisotopic (exact) mass is 262 g/mol. The Morgan fingerprint density at radius 3 is 3.00 bits per heavy atom. The summed E-state index contributed by atoms with van der Waals surface area (Å²) in [4.78, 5) is 2.42. The first-order valence-corrected chi connectivity index (χ1v) is 7.63. The lowest BCUT2D eigenvalue weighted by Gasteiger charge is -2.24. The molecule has 1 aromatic heterocycles. The van der Waals surface area contributed by atoms with Gasteiger partial charge in [0.25, 0.3) is 0 Å². The van der Waals surface area contributed by atoms with Crippen LogP contribution in [0.4, 0.5) is 0 Å². The third kappa shape index (κ3) is 3.18. The summed E-state index contributed by atoms with van der Waals surface area (Å²) in [7, 11) is 4.20. The number of hydrogen-bond donors (Lipinski definition) is 1. The summed E-state index contributed by atoms with van der Waals surface area (Å²) in [5.74, 6) is 0.950. The predicted molar refractivity (Wildman–Crippen MR) is 76.8 cm³/mol. The lowest BCUT2D eigenvalue weighted by atomic mass is 9.85. The largest absolute Gasteiger partial charge is 0.310 e. The van der Waals surface area contributed by atoms with E-state index in [1.165, 1.54) is 37.7 Å². The van der Waals surface area contributed by atoms with Gasteiger partial charge in [-0.25, -0.2) is 0 Å². The fourth-order valence-electron chi connectivity index (χ4n) is 3.88. The Morgan fingerprint density at radius 1 is 1.42 bits per heavy atom. The maximum absolute atomic E-state index is 4.23. The second kappa shape index (κ2) is 5.63. The molecule has 1 saturated carbocycles. The Morgan fingerprint density at radius 2 is 2.26 bits per heavy atom. The molecule has 2 aliphatic rings. The van der Waals surface area contributed by atoms with Crippen LogP contribution in [0.1, 0.15) is 37.7 Å². The number of rotatable bonds is 4. The van der Waals surface area contributed by atoms with E-state index in [4.69, 9.17) is 0 Å². The lowest BCUT2D eigenvalue weighted by Crippen LogP contribution is -2.39. The van der Waals surface area contributed by atoms with Crippen LogP contribution in [0.25, 0.3) is 0 Å². The van der Waals surface area contributed by atoms with Crippen LogP contribution in [-0.4, -0.2) is 40.4 Å². The summed E-state index contributed by atoms with van der Waals surface area (Å²) in [6.07, 6.45) is 11.2. The summed E-state index contributed by atoms with van der Waals surface area (Å²) in [6, 6.07) is 1.50. The van der Waals surface area contributed by atoms with Gasteiger partial charge in [0.1, 0.15) is 0 Å². The molecule has 1 saturated heterocycles. The van der Waals surface area contributed by atoms with E-state index in [0.717, 1.165) is 25.0 Å². The van der Waals surface area contributed by atoms with Gasteiger partial charge in [0.15, 0.2) is 0 Å². The molecular weight excluding hydrogens is 236 g/mol. The molecule has 4 nitrogen and oxygen atoms in total. The summed E-state index contributed by atoms with van der Waals surface area (Å²) in [5.41, 5.74) is 1.31. The van der Waals surface area contributed by atoms with Crippen molar-refractivity contribution in [3.8, 4) is 0 Å². The first-order chi connectivity index (χ1) is 9.20. The van der Waals surface area contributed by atoms with Crippen LogP contribution in [-0.2, 0) is 13.6 Å². The maximum Gasteiger partial charge on any atom is 0.0534 e. The highest BCUT2D eigenvalue weighted by molar-refractivity contribution is 5.03. The minimum Gasteiger partial charge on any atom is -0.310 e. The molecule has 0 amide bonds. The molecule has 3 unspecified atom stereocenters. The van der Waals surface area contributed by atoms with E-state index in [-0.39, 0.29) is 0 Å². The highest BCUT2D eigenvalue weighted by atomic mass is 15.2. The minimum absolute atomic E-state index is 0.690. The van der Waals surface area contributed by atoms with Gasteiger partial charge in [0.05, 0.1) is 6.20 Å². The molecule has 1 aliphatic heterocycles. The van der Waals surface area contributed by atoms with Crippen LogP contribution in [0.2, 0.25) is 0 Å². The van der Waals surface area contributed by atoms with Gasteiger partial charge in [-0.1, -0.05) is 12.8 Å². The van der Waals surface area contributed by atoms with E-state index in [1.807, 2.05) is 17.9 Å². The Kier molecular flexibility index (Phi) is 3.89. The molecule has 4 heteroatoms. The summed E-state index contributed by atoms with van der Waals surface area (Å²) in [5, 5.41) is 8.09. The molecule has 1 N–H and O–H groups in total. The van der Waals surface area contributed by atoms with E-state index in [1.54, 1.807) is 0 Å². The van der Waals surface area contributed by atoms with Crippen molar-refractivity contribution in [2.45, 2.75) is 50.7 Å². The first kappa shape index (κ1) is 13.1. The maximum atomic E-state index is 4.23. The SMILES string of the molecule is CN(Cc1cnn(C)c1)CC1CC2CCCCC2N1. The van der Waals surface area contributed by atoms with Crippen LogP contribution < -0.4 is 5.32 Å². The van der Waals surface area contributed by atoms with Crippen LogP contribution >= 0.6 is 0 Å². The van der Waals surface area contributed by atoms with Crippen LogP contribution in [0.3, 0.4) is 0 Å². The number of aromatic nitrogens is 2. The smallest absolute Gasteiger partial charge is 0.0534 e. The normalized spacial score (nSPS) is 30.8. The summed E-state index contributed by atoms with van der Waals surface area (Å²) in [6.45, 7) is 2.16. The average molecular weight is 262 g/mol. The average Bonchev–Trinajstić information content (AvgIpc) is 2.94. The third-order valence-electron chi connectivity index (χ3n) is 4.69. The van der Waals surface area contributed by atoms with Crippen LogP contribution in [0.5, 0.6) is 0 Å². The Balaban J connectivity index is 1.48. The Bertz CT molecular complexity index is 400. The van der Waals surface area contributed by atoms with Crippen molar-refractivity contribution in [2.75, 3.05) is 13.6 Å². The third-order valence-corrected chi connectivity index (χ3v) is 4.69. The minimum atomic E-state index is 0.690. The topological polar surface area (TPSA) is 33.1 Å². The molecule has 0 bridgehead atoms. The molecular formula is C15H26N4. The highest BCUT2D eigenvalue weighted by Gasteiger charge is 2.35. The van der Waals surface area contributed by atoms with Crippen molar-refractivity contribution >= 4 is 0 Å². The van der Waals surface area contributed by atoms with E-state index >= 15 is 0 Å². The highest BCUT2D eigenvalue weighted by Crippen LogP contribution is 2.33. The van der Waals surface area contributed by atoms with Crippen LogP contribution in [0, 0.1) is 5.92 Å². The van der Waals surface area contributed by atoms with Gasteiger partial charge in [-0.2, -0.15) is 5.10 Å². The fourth-order valence-corrected chi connectivity index (χ4v) is 3.88. The molecule has 19 heavy (non-hydrogen) atoms. The van der Waals surface area contributed by atoms with Crippen molar-refractivity contribution in [1.29, 1.82) is 0 Å².